The molecule has 22 heavy (non-hydrogen) atoms. The van der Waals surface area contributed by atoms with Gasteiger partial charge in [-0.3, -0.25) is 0 Å². The van der Waals surface area contributed by atoms with Crippen LogP contribution in [0.5, 0.6) is 0 Å². The third-order valence-corrected chi connectivity index (χ3v) is 3.71. The van der Waals surface area contributed by atoms with E-state index in [0.717, 1.165) is 22.2 Å². The molecular formula is C16H16ClFN4. The van der Waals surface area contributed by atoms with Gasteiger partial charge in [-0.25, -0.2) is 19.3 Å². The van der Waals surface area contributed by atoms with Crippen molar-refractivity contribution in [2.75, 3.05) is 0 Å². The highest BCUT2D eigenvalue weighted by Gasteiger charge is 2.24. The Balaban J connectivity index is 2.28. The van der Waals surface area contributed by atoms with Gasteiger partial charge in [-0.05, 0) is 32.9 Å². The first-order chi connectivity index (χ1) is 10.3. The predicted octanol–water partition coefficient (Wildman–Crippen LogP) is 4.20. The first-order valence-electron chi connectivity index (χ1n) is 6.92. The van der Waals surface area contributed by atoms with Crippen molar-refractivity contribution < 1.29 is 4.39 Å². The van der Waals surface area contributed by atoms with Crippen molar-refractivity contribution in [2.45, 2.75) is 26.4 Å². The van der Waals surface area contributed by atoms with Crippen molar-refractivity contribution in [3.8, 4) is 11.3 Å². The van der Waals surface area contributed by atoms with Crippen molar-refractivity contribution >= 4 is 22.5 Å². The number of nitrogens with zero attached hydrogens (tertiary/aromatic N) is 4. The fraction of sp³-hybridized carbons (Fsp3) is 0.312. The van der Waals surface area contributed by atoms with Crippen molar-refractivity contribution in [1.82, 2.24) is 19.5 Å². The van der Waals surface area contributed by atoms with E-state index < -0.39 is 5.67 Å². The van der Waals surface area contributed by atoms with Gasteiger partial charge in [0, 0.05) is 29.9 Å². The van der Waals surface area contributed by atoms with E-state index in [1.54, 1.807) is 12.3 Å². The fourth-order valence-electron chi connectivity index (χ4n) is 2.43. The van der Waals surface area contributed by atoms with Crippen LogP contribution in [0.3, 0.4) is 0 Å². The summed E-state index contributed by atoms with van der Waals surface area (Å²) in [6, 6.07) is 3.64. The van der Waals surface area contributed by atoms with Crippen LogP contribution < -0.4 is 0 Å². The molecule has 0 spiro atoms. The predicted molar refractivity (Wildman–Crippen MR) is 85.6 cm³/mol. The fourth-order valence-corrected chi connectivity index (χ4v) is 2.59. The van der Waals surface area contributed by atoms with Crippen molar-refractivity contribution in [1.29, 1.82) is 0 Å². The monoisotopic (exact) mass is 318 g/mol. The summed E-state index contributed by atoms with van der Waals surface area (Å²) in [6.45, 7) is 4.74. The molecule has 3 aromatic heterocycles. The summed E-state index contributed by atoms with van der Waals surface area (Å²) in [5.41, 5.74) is 1.64. The van der Waals surface area contributed by atoms with E-state index in [4.69, 9.17) is 11.6 Å². The average molecular weight is 319 g/mol. The Morgan fingerprint density at radius 1 is 1.23 bits per heavy atom. The molecule has 6 heteroatoms. The summed E-state index contributed by atoms with van der Waals surface area (Å²) in [4.78, 5) is 12.7. The Hall–Kier alpha value is -2.01. The highest BCUT2D eigenvalue weighted by atomic mass is 35.5. The second-order valence-corrected chi connectivity index (χ2v) is 6.26. The molecule has 0 unspecified atom stereocenters. The Bertz CT molecular complexity index is 864. The zero-order valence-electron chi connectivity index (χ0n) is 12.9. The Morgan fingerprint density at radius 2 is 1.95 bits per heavy atom. The number of rotatable bonds is 2. The van der Waals surface area contributed by atoms with Gasteiger partial charge in [-0.2, -0.15) is 0 Å². The lowest BCUT2D eigenvalue weighted by molar-refractivity contribution is 0.206. The molecule has 0 radical (unpaired) electrons. The molecule has 0 atom stereocenters. The van der Waals surface area contributed by atoms with E-state index in [9.17, 15) is 4.39 Å². The van der Waals surface area contributed by atoms with Crippen LogP contribution in [0.15, 0.2) is 24.5 Å². The number of pyridine rings is 1. The maximum Gasteiger partial charge on any atom is 0.166 e. The van der Waals surface area contributed by atoms with E-state index in [1.165, 1.54) is 13.8 Å². The molecule has 4 nitrogen and oxygen atoms in total. The summed E-state index contributed by atoms with van der Waals surface area (Å²) in [7, 11) is 1.93. The lowest BCUT2D eigenvalue weighted by Crippen LogP contribution is -2.15. The van der Waals surface area contributed by atoms with E-state index in [0.29, 0.717) is 10.8 Å². The minimum absolute atomic E-state index is 0.180. The van der Waals surface area contributed by atoms with Crippen LogP contribution in [0.25, 0.3) is 22.2 Å². The Labute approximate surface area is 133 Å². The molecule has 3 rings (SSSR count). The number of alkyl halides is 1. The smallest absolute Gasteiger partial charge is 0.166 e. The quantitative estimate of drug-likeness (QED) is 0.665. The van der Waals surface area contributed by atoms with Crippen LogP contribution in [0, 0.1) is 6.92 Å². The van der Waals surface area contributed by atoms with Gasteiger partial charge < -0.3 is 4.57 Å². The van der Waals surface area contributed by atoms with Gasteiger partial charge in [0.05, 0.1) is 17.4 Å². The molecule has 114 valence electrons. The number of aromatic nitrogens is 4. The zero-order valence-corrected chi connectivity index (χ0v) is 13.6. The highest BCUT2D eigenvalue weighted by Crippen LogP contribution is 2.32. The van der Waals surface area contributed by atoms with Crippen LogP contribution in [0.2, 0.25) is 5.15 Å². The molecular weight excluding hydrogens is 303 g/mol. The molecule has 0 saturated heterocycles. The molecule has 0 aliphatic heterocycles. The van der Waals surface area contributed by atoms with Crippen molar-refractivity contribution in [2.24, 2.45) is 7.05 Å². The number of hydrogen-bond acceptors (Lipinski definition) is 3. The second-order valence-electron chi connectivity index (χ2n) is 5.87. The Morgan fingerprint density at radius 3 is 2.64 bits per heavy atom. The van der Waals surface area contributed by atoms with Gasteiger partial charge >= 0.3 is 0 Å². The van der Waals surface area contributed by atoms with Crippen LogP contribution >= 0.6 is 11.6 Å². The summed E-state index contributed by atoms with van der Waals surface area (Å²) >= 11 is 6.01. The van der Waals surface area contributed by atoms with E-state index in [1.807, 2.05) is 30.8 Å². The summed E-state index contributed by atoms with van der Waals surface area (Å²) in [5, 5.41) is 1.35. The molecule has 3 heterocycles. The van der Waals surface area contributed by atoms with Crippen LogP contribution in [0.4, 0.5) is 4.39 Å². The van der Waals surface area contributed by atoms with Gasteiger partial charge in [0.15, 0.2) is 11.5 Å². The number of hydrogen-bond donors (Lipinski definition) is 0. The molecule has 0 bridgehead atoms. The topological polar surface area (TPSA) is 43.6 Å². The molecule has 0 aliphatic carbocycles. The lowest BCUT2D eigenvalue weighted by atomic mass is 10.1. The normalized spacial score (nSPS) is 12.1. The lowest BCUT2D eigenvalue weighted by Gasteiger charge is -2.14. The third kappa shape index (κ3) is 2.57. The number of aryl methyl sites for hydroxylation is 2. The standard InChI is InChI=1S/C16H16ClFN4/c1-9-5-12(21-15(20-9)16(2,3)18)11-8-22(4)13-7-19-14(17)6-10(11)13/h5-8H,1-4H3. The molecule has 0 N–H and O–H groups in total. The summed E-state index contributed by atoms with van der Waals surface area (Å²) in [6.07, 6.45) is 3.66. The average Bonchev–Trinajstić information content (AvgIpc) is 2.74. The molecule has 0 saturated carbocycles. The van der Waals surface area contributed by atoms with Gasteiger partial charge in [-0.1, -0.05) is 11.6 Å². The SMILES string of the molecule is Cc1cc(-c2cn(C)c3cnc(Cl)cc23)nc(C(C)(C)F)n1. The number of halogens is 2. The molecule has 0 fully saturated rings. The van der Waals surface area contributed by atoms with Gasteiger partial charge in [-0.15, -0.1) is 0 Å². The van der Waals surface area contributed by atoms with E-state index in [-0.39, 0.29) is 5.82 Å². The van der Waals surface area contributed by atoms with Crippen LogP contribution in [-0.4, -0.2) is 19.5 Å². The van der Waals surface area contributed by atoms with Gasteiger partial charge in [0.1, 0.15) is 5.15 Å². The maximum absolute atomic E-state index is 14.2. The first kappa shape index (κ1) is 14.9. The van der Waals surface area contributed by atoms with E-state index in [2.05, 4.69) is 15.0 Å². The minimum atomic E-state index is -1.59. The zero-order chi connectivity index (χ0) is 16.1. The van der Waals surface area contributed by atoms with Gasteiger partial charge in [0.25, 0.3) is 0 Å². The summed E-state index contributed by atoms with van der Waals surface area (Å²) in [5.74, 6) is 0.180. The van der Waals surface area contributed by atoms with Crippen molar-refractivity contribution in [3.05, 3.63) is 41.2 Å². The Kier molecular flexibility index (Phi) is 3.40. The maximum atomic E-state index is 14.2. The molecule has 0 aromatic carbocycles. The highest BCUT2D eigenvalue weighted by molar-refractivity contribution is 6.30. The number of fused-ring (bicyclic) bond motifs is 1. The van der Waals surface area contributed by atoms with Crippen molar-refractivity contribution in [3.63, 3.8) is 0 Å². The molecule has 0 amide bonds. The first-order valence-corrected chi connectivity index (χ1v) is 7.29. The molecule has 3 aromatic rings. The largest absolute Gasteiger partial charge is 0.349 e. The molecule has 0 aliphatic rings. The third-order valence-electron chi connectivity index (χ3n) is 3.50. The van der Waals surface area contributed by atoms with Crippen LogP contribution in [0.1, 0.15) is 25.4 Å². The van der Waals surface area contributed by atoms with E-state index >= 15 is 0 Å². The minimum Gasteiger partial charge on any atom is -0.349 e. The van der Waals surface area contributed by atoms with Gasteiger partial charge in [0.2, 0.25) is 0 Å². The summed E-state index contributed by atoms with van der Waals surface area (Å²) < 4.78 is 16.2. The van der Waals surface area contributed by atoms with Crippen LogP contribution in [-0.2, 0) is 12.7 Å². The second kappa shape index (κ2) is 5.02.